The molecule has 4 rings (SSSR count). The van der Waals surface area contributed by atoms with Gasteiger partial charge < -0.3 is 0 Å². The Morgan fingerprint density at radius 2 is 1.49 bits per heavy atom. The molecule has 23 unspecified atom stereocenters. The highest BCUT2D eigenvalue weighted by Crippen LogP contribution is 2.95. The second-order valence-corrected chi connectivity index (χ2v) is 57.0. The Balaban J connectivity index is 1.82. The van der Waals surface area contributed by atoms with Gasteiger partial charge in [-0.1, -0.05) is 58.5 Å². The van der Waals surface area contributed by atoms with E-state index < -0.39 is 0 Å². The van der Waals surface area contributed by atoms with Crippen LogP contribution in [0.1, 0.15) is 72.6 Å². The zero-order valence-electron chi connectivity index (χ0n) is 24.2. The number of hydrogen-bond acceptors (Lipinski definition) is 0. The smallest absolute Gasteiger partial charge is 0.00146 e. The van der Waals surface area contributed by atoms with Gasteiger partial charge in [-0.2, -0.15) is 0 Å². The summed E-state index contributed by atoms with van der Waals surface area (Å²) in [6.45, 7) is 10.7. The minimum Gasteiger partial charge on any atom is -0.114 e. The third kappa shape index (κ3) is 7.65. The topological polar surface area (TPSA) is 0 Å². The molecule has 16 heteroatoms. The van der Waals surface area contributed by atoms with Crippen molar-refractivity contribution in [1.82, 2.24) is 0 Å². The lowest BCUT2D eigenvalue weighted by molar-refractivity contribution is -0.0636. The molecule has 0 N–H and O–H groups in total. The first-order valence-corrected chi connectivity index (χ1v) is 40.5. The first-order valence-electron chi connectivity index (χ1n) is 14.3. The Morgan fingerprint density at radius 3 is 2.03 bits per heavy atom. The predicted octanol–water partition coefficient (Wildman–Crippen LogP) is 13.6. The molecule has 0 amide bonds. The molecule has 4 aliphatic carbocycles. The molecule has 4 aliphatic rings. The van der Waals surface area contributed by atoms with E-state index in [0.717, 1.165) is 63.1 Å². The lowest BCUT2D eigenvalue weighted by Gasteiger charge is -2.68. The summed E-state index contributed by atoms with van der Waals surface area (Å²) in [7, 11) is 31.8. The van der Waals surface area contributed by atoms with Crippen LogP contribution in [0.25, 0.3) is 0 Å². The maximum Gasteiger partial charge on any atom is -0.00146 e. The van der Waals surface area contributed by atoms with Crippen LogP contribution in [0.2, 0.25) is 0 Å². The van der Waals surface area contributed by atoms with Gasteiger partial charge in [-0.05, 0) is 135 Å². The zero-order valence-corrected chi connectivity index (χ0v) is 41.1. The summed E-state index contributed by atoms with van der Waals surface area (Å²) < 4.78 is 0. The van der Waals surface area contributed by atoms with Crippen molar-refractivity contribution in [3.63, 3.8) is 0 Å². The third-order valence-electron chi connectivity index (χ3n) is 11.6. The fraction of sp³-hybridized carbons (Fsp3) is 1.00. The van der Waals surface area contributed by atoms with Gasteiger partial charge >= 0.3 is 0 Å². The molecule has 0 aromatic heterocycles. The maximum atomic E-state index is 3.42. The van der Waals surface area contributed by atoms with Gasteiger partial charge in [-0.15, -0.1) is 80.4 Å². The minimum atomic E-state index is -0.111. The standard InChI is InChI=1S/C23H56P16/c1-13-7-10-23(33-24)15-8-9-22(4)14(5-6-17(22)21(2,3)12-35(26)38(29)30)18(15)20(37(34-25)39(31)32)19(36(27)28)16(23)11-13/h13-20,33-34H,5-12,24-32H2,1-4H3. The van der Waals surface area contributed by atoms with Crippen LogP contribution in [0.3, 0.4) is 0 Å². The van der Waals surface area contributed by atoms with Crippen molar-refractivity contribution < 1.29 is 0 Å². The van der Waals surface area contributed by atoms with Gasteiger partial charge in [0.05, 0.1) is 0 Å². The molecule has 0 aromatic rings. The van der Waals surface area contributed by atoms with E-state index in [1.54, 1.807) is 0 Å². The van der Waals surface area contributed by atoms with Crippen molar-refractivity contribution >= 4 is 132 Å². The van der Waals surface area contributed by atoms with Crippen LogP contribution in [0.5, 0.6) is 0 Å². The van der Waals surface area contributed by atoms with Gasteiger partial charge in [0.25, 0.3) is 0 Å². The van der Waals surface area contributed by atoms with Crippen molar-refractivity contribution in [2.45, 2.75) is 89.1 Å². The highest BCUT2D eigenvalue weighted by molar-refractivity contribution is 8.87. The van der Waals surface area contributed by atoms with Crippen LogP contribution in [0, 0.1) is 46.3 Å². The number of hydrogen-bond donors (Lipinski definition) is 0. The van der Waals surface area contributed by atoms with Crippen molar-refractivity contribution in [2.24, 2.45) is 46.3 Å². The highest BCUT2D eigenvalue weighted by Gasteiger charge is 2.68. The summed E-state index contributed by atoms with van der Waals surface area (Å²) in [6.07, 6.45) is 11.9. The fourth-order valence-electron chi connectivity index (χ4n) is 10.3. The maximum absolute atomic E-state index is 3.42. The lowest BCUT2D eigenvalue weighted by Crippen LogP contribution is -2.64. The van der Waals surface area contributed by atoms with Gasteiger partial charge in [0.2, 0.25) is 0 Å². The first-order chi connectivity index (χ1) is 18.2. The van der Waals surface area contributed by atoms with E-state index in [1.807, 2.05) is 0 Å². The minimum absolute atomic E-state index is 0.00650. The van der Waals surface area contributed by atoms with Gasteiger partial charge in [-0.25, -0.2) is 0 Å². The Kier molecular flexibility index (Phi) is 15.7. The van der Waals surface area contributed by atoms with Crippen LogP contribution in [0.4, 0.5) is 0 Å². The molecule has 0 aliphatic heterocycles. The average Bonchev–Trinajstić information content (AvgIpc) is 3.21. The van der Waals surface area contributed by atoms with Crippen LogP contribution < -0.4 is 0 Å². The lowest BCUT2D eigenvalue weighted by atomic mass is 9.47. The summed E-state index contributed by atoms with van der Waals surface area (Å²) in [5.41, 5.74) is 2.85. The van der Waals surface area contributed by atoms with Crippen LogP contribution in [-0.4, -0.2) is 22.6 Å². The van der Waals surface area contributed by atoms with Crippen LogP contribution in [0.15, 0.2) is 0 Å². The molecule has 39 heavy (non-hydrogen) atoms. The second kappa shape index (κ2) is 15.8. The van der Waals surface area contributed by atoms with Crippen LogP contribution >= 0.6 is 132 Å². The summed E-state index contributed by atoms with van der Waals surface area (Å²) >= 11 is 0. The predicted molar refractivity (Wildman–Crippen MR) is 235 cm³/mol. The van der Waals surface area contributed by atoms with E-state index in [2.05, 4.69) is 108 Å². The van der Waals surface area contributed by atoms with E-state index in [9.17, 15) is 0 Å². The monoisotopic (exact) mass is 828 g/mol. The van der Waals surface area contributed by atoms with Crippen molar-refractivity contribution in [2.75, 3.05) is 6.16 Å². The quantitative estimate of drug-likeness (QED) is 0.203. The van der Waals surface area contributed by atoms with E-state index in [1.165, 1.54) is 51.1 Å². The molecule has 228 valence electrons. The van der Waals surface area contributed by atoms with E-state index in [4.69, 9.17) is 0 Å². The molecule has 0 nitrogen and oxygen atoms in total. The van der Waals surface area contributed by atoms with Crippen molar-refractivity contribution in [3.8, 4) is 0 Å². The molecule has 0 heterocycles. The van der Waals surface area contributed by atoms with Crippen molar-refractivity contribution in [3.05, 3.63) is 0 Å². The summed E-state index contributed by atoms with van der Waals surface area (Å²) in [5, 5.41) is 0.601. The summed E-state index contributed by atoms with van der Waals surface area (Å²) in [4.78, 5) is 0. The zero-order chi connectivity index (χ0) is 29.1. The Morgan fingerprint density at radius 1 is 0.821 bits per heavy atom. The Labute approximate surface area is 272 Å². The van der Waals surface area contributed by atoms with Gasteiger partial charge in [-0.3, -0.25) is 0 Å². The molecular weight excluding hydrogens is 772 g/mol. The number of rotatable bonds is 9. The van der Waals surface area contributed by atoms with E-state index in [-0.39, 0.29) is 35.9 Å². The molecule has 4 fully saturated rings. The van der Waals surface area contributed by atoms with Gasteiger partial charge in [0.15, 0.2) is 0 Å². The highest BCUT2D eigenvalue weighted by atomic mass is 32.9. The Bertz CT molecular complexity index is 841. The van der Waals surface area contributed by atoms with E-state index >= 15 is 0 Å². The number of fused-ring (bicyclic) bond motifs is 5. The SMILES string of the molecule is CC1CCC2(PP)C3CCC4(C)C(CCC4C(C)(C)CP(P)P(P)P)C3C(P(PP)P(P)P)C(P(P)P)C2C1. The molecule has 0 aromatic carbocycles. The van der Waals surface area contributed by atoms with Gasteiger partial charge in [0, 0.05) is 0 Å². The molecule has 4 saturated carbocycles. The first kappa shape index (κ1) is 38.7. The summed E-state index contributed by atoms with van der Waals surface area (Å²) in [5.74, 6) is 5.62. The molecule has 23 atom stereocenters. The van der Waals surface area contributed by atoms with Gasteiger partial charge in [0.1, 0.15) is 0 Å². The normalized spacial score (nSPS) is 44.9. The Hall–Kier alpha value is 6.88. The fourth-order valence-corrected chi connectivity index (χ4v) is 50.8. The average molecular weight is 828 g/mol. The van der Waals surface area contributed by atoms with E-state index in [0.29, 0.717) is 16.0 Å². The third-order valence-corrected chi connectivity index (χ3v) is 57.6. The molecule has 0 spiro atoms. The summed E-state index contributed by atoms with van der Waals surface area (Å²) in [6, 6.07) is 0. The molecule has 0 bridgehead atoms. The largest absolute Gasteiger partial charge is 0.114 e. The molecule has 0 radical (unpaired) electrons. The van der Waals surface area contributed by atoms with Crippen LogP contribution in [-0.2, 0) is 0 Å². The molecular formula is C23H56P16. The second-order valence-electron chi connectivity index (χ2n) is 13.9. The van der Waals surface area contributed by atoms with Crippen molar-refractivity contribution in [1.29, 1.82) is 0 Å². The molecule has 0 saturated heterocycles.